The van der Waals surface area contributed by atoms with Gasteiger partial charge >= 0.3 is 0 Å². The second-order valence-corrected chi connectivity index (χ2v) is 3.45. The lowest BCUT2D eigenvalue weighted by molar-refractivity contribution is 0.272. The number of rotatable bonds is 4. The van der Waals surface area contributed by atoms with Gasteiger partial charge in [0, 0.05) is 5.69 Å². The molecule has 76 valence electrons. The van der Waals surface area contributed by atoms with E-state index in [-0.39, 0.29) is 0 Å². The average molecular weight is 210 g/mol. The minimum Gasteiger partial charge on any atom is -0.501 e. The van der Waals surface area contributed by atoms with Crippen molar-refractivity contribution in [2.75, 3.05) is 12.9 Å². The molecule has 0 N–H and O–H groups in total. The molecule has 1 aromatic heterocycles. The van der Waals surface area contributed by atoms with Gasteiger partial charge < -0.3 is 4.74 Å². The van der Waals surface area contributed by atoms with Crippen LogP contribution in [-0.4, -0.2) is 22.8 Å². The number of aryl methyl sites for hydroxylation is 1. The van der Waals surface area contributed by atoms with Crippen molar-refractivity contribution in [1.82, 2.24) is 9.97 Å². The van der Waals surface area contributed by atoms with Gasteiger partial charge in [-0.25, -0.2) is 9.97 Å². The summed E-state index contributed by atoms with van der Waals surface area (Å²) in [6.07, 6.45) is 5.47. The van der Waals surface area contributed by atoms with E-state index in [1.165, 1.54) is 11.8 Å². The van der Waals surface area contributed by atoms with E-state index in [2.05, 4.69) is 9.97 Å². The van der Waals surface area contributed by atoms with Gasteiger partial charge in [-0.05, 0) is 32.2 Å². The Morgan fingerprint density at radius 2 is 2.29 bits per heavy atom. The molecular weight excluding hydrogens is 196 g/mol. The third-order valence-electron chi connectivity index (χ3n) is 1.54. The average Bonchev–Trinajstić information content (AvgIpc) is 2.17. The number of aromatic nitrogens is 2. The van der Waals surface area contributed by atoms with Crippen LogP contribution in [0.1, 0.15) is 18.3 Å². The van der Waals surface area contributed by atoms with Gasteiger partial charge in [-0.2, -0.15) is 0 Å². The lowest BCUT2D eigenvalue weighted by Gasteiger charge is -1.99. The molecule has 4 heteroatoms. The second-order valence-electron chi connectivity index (χ2n) is 2.68. The van der Waals surface area contributed by atoms with E-state index in [0.717, 1.165) is 16.5 Å². The molecule has 0 spiro atoms. The smallest absolute Gasteiger partial charge is 0.188 e. The molecule has 0 amide bonds. The third-order valence-corrected chi connectivity index (χ3v) is 2.09. The van der Waals surface area contributed by atoms with E-state index in [9.17, 15) is 0 Å². The third kappa shape index (κ3) is 3.38. The maximum Gasteiger partial charge on any atom is 0.188 e. The van der Waals surface area contributed by atoms with Crippen molar-refractivity contribution in [3.8, 4) is 0 Å². The zero-order valence-corrected chi connectivity index (χ0v) is 9.47. The Hall–Kier alpha value is -1.03. The molecule has 0 saturated heterocycles. The Balaban J connectivity index is 2.81. The van der Waals surface area contributed by atoms with Crippen molar-refractivity contribution < 1.29 is 4.74 Å². The van der Waals surface area contributed by atoms with Crippen LogP contribution in [0.4, 0.5) is 0 Å². The van der Waals surface area contributed by atoms with Gasteiger partial charge in [0.05, 0.1) is 18.6 Å². The van der Waals surface area contributed by atoms with E-state index in [4.69, 9.17) is 4.74 Å². The van der Waals surface area contributed by atoms with E-state index in [1.54, 1.807) is 6.26 Å². The molecule has 0 aromatic carbocycles. The fraction of sp³-hybridized carbons (Fsp3) is 0.400. The molecule has 0 saturated carbocycles. The van der Waals surface area contributed by atoms with E-state index >= 15 is 0 Å². The van der Waals surface area contributed by atoms with Crippen molar-refractivity contribution >= 4 is 17.8 Å². The molecular formula is C10H14N2OS. The van der Waals surface area contributed by atoms with Crippen LogP contribution < -0.4 is 0 Å². The Labute approximate surface area is 88.6 Å². The van der Waals surface area contributed by atoms with Crippen molar-refractivity contribution in [3.63, 3.8) is 0 Å². The first-order valence-corrected chi connectivity index (χ1v) is 5.66. The lowest BCUT2D eigenvalue weighted by Crippen LogP contribution is -1.92. The molecule has 0 radical (unpaired) electrons. The van der Waals surface area contributed by atoms with E-state index < -0.39 is 0 Å². The molecule has 0 atom stereocenters. The Bertz CT molecular complexity index is 326. The number of thioether (sulfide) groups is 1. The highest BCUT2D eigenvalue weighted by Gasteiger charge is 1.97. The monoisotopic (exact) mass is 210 g/mol. The standard InChI is InChI=1S/C10H14N2OS/c1-4-13-6-5-9-7-8(2)11-10(12-9)14-3/h5-7H,4H2,1-3H3. The molecule has 0 fully saturated rings. The molecule has 0 aliphatic rings. The maximum atomic E-state index is 5.10. The minimum absolute atomic E-state index is 0.677. The van der Waals surface area contributed by atoms with Crippen molar-refractivity contribution in [3.05, 3.63) is 23.7 Å². The van der Waals surface area contributed by atoms with Gasteiger partial charge in [0.15, 0.2) is 5.16 Å². The van der Waals surface area contributed by atoms with Crippen LogP contribution in [0.5, 0.6) is 0 Å². The first-order valence-electron chi connectivity index (χ1n) is 4.44. The predicted octanol–water partition coefficient (Wildman–Crippen LogP) is 2.51. The fourth-order valence-electron chi connectivity index (χ4n) is 0.956. The number of ether oxygens (including phenoxy) is 1. The van der Waals surface area contributed by atoms with Crippen LogP contribution in [0, 0.1) is 6.92 Å². The molecule has 3 nitrogen and oxygen atoms in total. The SMILES string of the molecule is CCOC=Cc1cc(C)nc(SC)n1. The molecule has 0 unspecified atom stereocenters. The van der Waals surface area contributed by atoms with Crippen LogP contribution in [-0.2, 0) is 4.74 Å². The summed E-state index contributed by atoms with van der Waals surface area (Å²) < 4.78 is 5.10. The molecule has 1 rings (SSSR count). The topological polar surface area (TPSA) is 35.0 Å². The predicted molar refractivity (Wildman–Crippen MR) is 59.2 cm³/mol. The summed E-state index contributed by atoms with van der Waals surface area (Å²) in [5.41, 5.74) is 1.86. The molecule has 14 heavy (non-hydrogen) atoms. The second kappa shape index (κ2) is 5.65. The first kappa shape index (κ1) is 11.0. The van der Waals surface area contributed by atoms with Crippen LogP contribution in [0.3, 0.4) is 0 Å². The van der Waals surface area contributed by atoms with Crippen LogP contribution >= 0.6 is 11.8 Å². The lowest BCUT2D eigenvalue weighted by atomic mass is 10.3. The van der Waals surface area contributed by atoms with Gasteiger partial charge in [0.25, 0.3) is 0 Å². The normalized spacial score (nSPS) is 10.8. The van der Waals surface area contributed by atoms with Gasteiger partial charge in [0.1, 0.15) is 0 Å². The van der Waals surface area contributed by atoms with Crippen LogP contribution in [0.2, 0.25) is 0 Å². The van der Waals surface area contributed by atoms with Crippen molar-refractivity contribution in [2.24, 2.45) is 0 Å². The Morgan fingerprint density at radius 3 is 2.93 bits per heavy atom. The van der Waals surface area contributed by atoms with Gasteiger partial charge in [-0.15, -0.1) is 0 Å². The molecule has 1 aromatic rings. The highest BCUT2D eigenvalue weighted by atomic mass is 32.2. The summed E-state index contributed by atoms with van der Waals surface area (Å²) in [5, 5.41) is 0.793. The largest absolute Gasteiger partial charge is 0.501 e. The van der Waals surface area contributed by atoms with Crippen molar-refractivity contribution in [1.29, 1.82) is 0 Å². The van der Waals surface area contributed by atoms with E-state index in [1.807, 2.05) is 32.2 Å². The zero-order chi connectivity index (χ0) is 10.4. The van der Waals surface area contributed by atoms with Gasteiger partial charge in [-0.3, -0.25) is 0 Å². The van der Waals surface area contributed by atoms with Gasteiger partial charge in [0.2, 0.25) is 0 Å². The van der Waals surface area contributed by atoms with Gasteiger partial charge in [-0.1, -0.05) is 11.8 Å². The Morgan fingerprint density at radius 1 is 1.50 bits per heavy atom. The summed E-state index contributed by atoms with van der Waals surface area (Å²) >= 11 is 1.54. The molecule has 0 bridgehead atoms. The summed E-state index contributed by atoms with van der Waals surface area (Å²) in [7, 11) is 0. The van der Waals surface area contributed by atoms with Crippen LogP contribution in [0.25, 0.3) is 6.08 Å². The van der Waals surface area contributed by atoms with Crippen molar-refractivity contribution in [2.45, 2.75) is 19.0 Å². The highest BCUT2D eigenvalue weighted by Crippen LogP contribution is 2.11. The minimum atomic E-state index is 0.677. The number of hydrogen-bond acceptors (Lipinski definition) is 4. The number of hydrogen-bond donors (Lipinski definition) is 0. The Kier molecular flexibility index (Phi) is 4.46. The zero-order valence-electron chi connectivity index (χ0n) is 8.65. The first-order chi connectivity index (χ1) is 6.76. The number of nitrogens with zero attached hydrogens (tertiary/aromatic N) is 2. The molecule has 0 aliphatic heterocycles. The summed E-state index contributed by atoms with van der Waals surface area (Å²) in [6.45, 7) is 4.58. The summed E-state index contributed by atoms with van der Waals surface area (Å²) in [6, 6.07) is 1.93. The molecule has 1 heterocycles. The summed E-state index contributed by atoms with van der Waals surface area (Å²) in [4.78, 5) is 8.57. The maximum absolute atomic E-state index is 5.10. The summed E-state index contributed by atoms with van der Waals surface area (Å²) in [5.74, 6) is 0. The van der Waals surface area contributed by atoms with Crippen LogP contribution in [0.15, 0.2) is 17.5 Å². The highest BCUT2D eigenvalue weighted by molar-refractivity contribution is 7.98. The molecule has 0 aliphatic carbocycles. The quantitative estimate of drug-likeness (QED) is 0.434. The fourth-order valence-corrected chi connectivity index (χ4v) is 1.39. The van der Waals surface area contributed by atoms with E-state index in [0.29, 0.717) is 6.61 Å².